The highest BCUT2D eigenvalue weighted by atomic mass is 16.5. The van der Waals surface area contributed by atoms with Gasteiger partial charge in [0.25, 0.3) is 5.89 Å². The van der Waals surface area contributed by atoms with Crippen LogP contribution >= 0.6 is 0 Å². The average Bonchev–Trinajstić information content (AvgIpc) is 3.40. The second kappa shape index (κ2) is 8.06. The van der Waals surface area contributed by atoms with Gasteiger partial charge in [0.05, 0.1) is 21.3 Å². The van der Waals surface area contributed by atoms with Crippen molar-refractivity contribution >= 4 is 11.6 Å². The molecule has 156 valence electrons. The Balaban J connectivity index is 1.59. The number of methoxy groups -OCH3 is 3. The summed E-state index contributed by atoms with van der Waals surface area (Å²) in [6.07, 6.45) is 0.335. The van der Waals surface area contributed by atoms with Crippen LogP contribution in [0, 0.1) is 6.92 Å². The van der Waals surface area contributed by atoms with Gasteiger partial charge in [0, 0.05) is 30.1 Å². The van der Waals surface area contributed by atoms with Crippen LogP contribution < -0.4 is 19.1 Å². The third kappa shape index (κ3) is 3.56. The van der Waals surface area contributed by atoms with Crippen LogP contribution in [0.5, 0.6) is 17.2 Å². The van der Waals surface area contributed by atoms with Gasteiger partial charge in [0.15, 0.2) is 17.3 Å². The fourth-order valence-electron chi connectivity index (χ4n) is 3.58. The molecule has 8 heteroatoms. The molecule has 0 bridgehead atoms. The van der Waals surface area contributed by atoms with E-state index in [-0.39, 0.29) is 11.8 Å². The van der Waals surface area contributed by atoms with Crippen molar-refractivity contribution in [2.45, 2.75) is 19.3 Å². The number of hydrogen-bond acceptors (Lipinski definition) is 7. The highest BCUT2D eigenvalue weighted by Gasteiger charge is 2.34. The van der Waals surface area contributed by atoms with E-state index in [0.717, 1.165) is 11.3 Å². The smallest absolute Gasteiger partial charge is 0.258 e. The lowest BCUT2D eigenvalue weighted by Crippen LogP contribution is -2.24. The van der Waals surface area contributed by atoms with Gasteiger partial charge in [-0.15, -0.1) is 0 Å². The van der Waals surface area contributed by atoms with Crippen LogP contribution in [0.3, 0.4) is 0 Å². The zero-order chi connectivity index (χ0) is 21.3. The summed E-state index contributed by atoms with van der Waals surface area (Å²) in [6.45, 7) is 2.53. The Morgan fingerprint density at radius 1 is 1.03 bits per heavy atom. The molecule has 30 heavy (non-hydrogen) atoms. The summed E-state index contributed by atoms with van der Waals surface area (Å²) in [5, 5.41) is 4.13. The molecule has 0 spiro atoms. The summed E-state index contributed by atoms with van der Waals surface area (Å²) < 4.78 is 21.6. The van der Waals surface area contributed by atoms with Crippen LogP contribution in [-0.2, 0) is 4.79 Å². The monoisotopic (exact) mass is 409 g/mol. The lowest BCUT2D eigenvalue weighted by molar-refractivity contribution is -0.117. The number of benzene rings is 2. The molecule has 3 aromatic rings. The van der Waals surface area contributed by atoms with Crippen molar-refractivity contribution < 1.29 is 23.5 Å². The Morgan fingerprint density at radius 2 is 1.70 bits per heavy atom. The molecule has 0 saturated carbocycles. The molecule has 0 N–H and O–H groups in total. The molecule has 1 fully saturated rings. The summed E-state index contributed by atoms with van der Waals surface area (Å²) in [5.41, 5.74) is 2.67. The molecule has 2 aromatic carbocycles. The molecule has 1 aromatic heterocycles. The van der Waals surface area contributed by atoms with Crippen LogP contribution in [0.1, 0.15) is 23.7 Å². The van der Waals surface area contributed by atoms with E-state index in [4.69, 9.17) is 18.7 Å². The fourth-order valence-corrected chi connectivity index (χ4v) is 3.58. The Bertz CT molecular complexity index is 1040. The van der Waals surface area contributed by atoms with Gasteiger partial charge in [-0.3, -0.25) is 4.79 Å². The summed E-state index contributed by atoms with van der Waals surface area (Å²) in [7, 11) is 4.63. The minimum Gasteiger partial charge on any atom is -0.493 e. The summed E-state index contributed by atoms with van der Waals surface area (Å²) in [6, 6.07) is 11.4. The van der Waals surface area contributed by atoms with Crippen LogP contribution in [0.4, 0.5) is 5.69 Å². The molecule has 1 saturated heterocycles. The Kier molecular flexibility index (Phi) is 5.31. The Morgan fingerprint density at radius 3 is 2.30 bits per heavy atom. The molecule has 4 rings (SSSR count). The van der Waals surface area contributed by atoms with Gasteiger partial charge < -0.3 is 23.6 Å². The Hall–Kier alpha value is -3.55. The maximum atomic E-state index is 12.6. The number of hydrogen-bond donors (Lipinski definition) is 0. The van der Waals surface area contributed by atoms with Crippen molar-refractivity contribution in [2.75, 3.05) is 32.8 Å². The molecule has 1 amide bonds. The minimum atomic E-state index is -0.140. The maximum Gasteiger partial charge on any atom is 0.258 e. The Labute approximate surface area is 174 Å². The number of aromatic nitrogens is 2. The van der Waals surface area contributed by atoms with E-state index in [1.165, 1.54) is 0 Å². The SMILES string of the molecule is COc1cc(-c2nc(C3CC(=O)N(c4ccc(C)cc4)C3)no2)cc(OC)c1OC. The van der Waals surface area contributed by atoms with Crippen molar-refractivity contribution in [1.29, 1.82) is 0 Å². The van der Waals surface area contributed by atoms with Gasteiger partial charge in [-0.1, -0.05) is 22.9 Å². The average molecular weight is 409 g/mol. The quantitative estimate of drug-likeness (QED) is 0.615. The second-order valence-corrected chi connectivity index (χ2v) is 7.11. The molecule has 1 unspecified atom stereocenters. The largest absolute Gasteiger partial charge is 0.493 e. The van der Waals surface area contributed by atoms with Crippen molar-refractivity contribution in [3.63, 3.8) is 0 Å². The lowest BCUT2D eigenvalue weighted by atomic mass is 10.1. The van der Waals surface area contributed by atoms with Crippen LogP contribution in [0.15, 0.2) is 40.9 Å². The molecule has 8 nitrogen and oxygen atoms in total. The number of nitrogens with zero attached hydrogens (tertiary/aromatic N) is 3. The lowest BCUT2D eigenvalue weighted by Gasteiger charge is -2.16. The van der Waals surface area contributed by atoms with E-state index < -0.39 is 0 Å². The maximum absolute atomic E-state index is 12.6. The summed E-state index contributed by atoms with van der Waals surface area (Å²) in [5.74, 6) is 2.20. The van der Waals surface area contributed by atoms with E-state index in [1.54, 1.807) is 38.4 Å². The minimum absolute atomic E-state index is 0.0444. The van der Waals surface area contributed by atoms with Crippen molar-refractivity contribution in [2.24, 2.45) is 0 Å². The van der Waals surface area contributed by atoms with Gasteiger partial charge in [-0.25, -0.2) is 0 Å². The number of aryl methyl sites for hydroxylation is 1. The van der Waals surface area contributed by atoms with Crippen LogP contribution in [0.2, 0.25) is 0 Å². The second-order valence-electron chi connectivity index (χ2n) is 7.11. The standard InChI is InChI=1S/C22H23N3O5/c1-13-5-7-16(8-6-13)25-12-15(11-19(25)26)21-23-22(30-24-21)14-9-17(27-2)20(29-4)18(10-14)28-3/h5-10,15H,11-12H2,1-4H3. The highest BCUT2D eigenvalue weighted by molar-refractivity contribution is 5.96. The van der Waals surface area contributed by atoms with Crippen LogP contribution in [-0.4, -0.2) is 43.9 Å². The zero-order valence-corrected chi connectivity index (χ0v) is 17.3. The van der Waals surface area contributed by atoms with E-state index in [2.05, 4.69) is 10.1 Å². The topological polar surface area (TPSA) is 86.9 Å². The molecular formula is C22H23N3O5. The molecule has 1 aliphatic heterocycles. The highest BCUT2D eigenvalue weighted by Crippen LogP contribution is 2.41. The van der Waals surface area contributed by atoms with E-state index in [1.807, 2.05) is 31.2 Å². The molecule has 1 atom stereocenters. The van der Waals surface area contributed by atoms with Crippen molar-refractivity contribution in [3.8, 4) is 28.7 Å². The third-order valence-corrected chi connectivity index (χ3v) is 5.19. The first-order valence-electron chi connectivity index (χ1n) is 9.55. The van der Waals surface area contributed by atoms with Gasteiger partial charge >= 0.3 is 0 Å². The number of amides is 1. The van der Waals surface area contributed by atoms with Gasteiger partial charge in [-0.05, 0) is 31.2 Å². The predicted molar refractivity (Wildman–Crippen MR) is 110 cm³/mol. The number of ether oxygens (including phenoxy) is 3. The first kappa shape index (κ1) is 19.8. The summed E-state index contributed by atoms with van der Waals surface area (Å²) >= 11 is 0. The molecule has 1 aliphatic rings. The van der Waals surface area contributed by atoms with E-state index in [9.17, 15) is 4.79 Å². The van der Waals surface area contributed by atoms with Gasteiger partial charge in [-0.2, -0.15) is 4.98 Å². The van der Waals surface area contributed by atoms with Gasteiger partial charge in [0.2, 0.25) is 11.7 Å². The molecule has 2 heterocycles. The van der Waals surface area contributed by atoms with Crippen LogP contribution in [0.25, 0.3) is 11.5 Å². The number of carbonyl (C=O) groups is 1. The van der Waals surface area contributed by atoms with E-state index in [0.29, 0.717) is 47.5 Å². The van der Waals surface area contributed by atoms with E-state index >= 15 is 0 Å². The third-order valence-electron chi connectivity index (χ3n) is 5.19. The van der Waals surface area contributed by atoms with Crippen molar-refractivity contribution in [3.05, 3.63) is 47.8 Å². The summed E-state index contributed by atoms with van der Waals surface area (Å²) in [4.78, 5) is 18.9. The molecular weight excluding hydrogens is 386 g/mol. The first-order chi connectivity index (χ1) is 14.5. The molecule has 0 aliphatic carbocycles. The first-order valence-corrected chi connectivity index (χ1v) is 9.55. The predicted octanol–water partition coefficient (Wildman–Crippen LogP) is 3.59. The number of anilines is 1. The molecule has 0 radical (unpaired) electrons. The number of carbonyl (C=O) groups excluding carboxylic acids is 1. The zero-order valence-electron chi connectivity index (χ0n) is 17.3. The normalized spacial score (nSPS) is 16.1. The van der Waals surface area contributed by atoms with Crippen molar-refractivity contribution in [1.82, 2.24) is 10.1 Å². The fraction of sp³-hybridized carbons (Fsp3) is 0.318. The van der Waals surface area contributed by atoms with Gasteiger partial charge in [0.1, 0.15) is 0 Å². The number of rotatable bonds is 6.